The number of aryl methyl sites for hydroxylation is 1. The average Bonchev–Trinajstić information content (AvgIpc) is 2.99. The second-order valence-electron chi connectivity index (χ2n) is 9.89. The number of hydrogen-bond donors (Lipinski definition) is 3. The van der Waals surface area contributed by atoms with Crippen LogP contribution in [0.25, 0.3) is 0 Å². The molecule has 0 bridgehead atoms. The Balaban J connectivity index is 1.53. The molecule has 0 saturated carbocycles. The minimum Gasteiger partial charge on any atom is -0.482 e. The summed E-state index contributed by atoms with van der Waals surface area (Å²) in [7, 11) is 0. The molecule has 7 heteroatoms. The smallest absolute Gasteiger partial charge is 0.341 e. The second kappa shape index (κ2) is 14.5. The van der Waals surface area contributed by atoms with Gasteiger partial charge in [0.25, 0.3) is 5.91 Å². The maximum Gasteiger partial charge on any atom is 0.341 e. The molecule has 1 atom stereocenters. The highest BCUT2D eigenvalue weighted by Gasteiger charge is 2.22. The van der Waals surface area contributed by atoms with Crippen LogP contribution < -0.4 is 10.1 Å². The van der Waals surface area contributed by atoms with Crippen LogP contribution in [0.5, 0.6) is 5.75 Å². The van der Waals surface area contributed by atoms with Crippen molar-refractivity contribution >= 4 is 17.8 Å². The highest BCUT2D eigenvalue weighted by Crippen LogP contribution is 2.30. The first-order valence-corrected chi connectivity index (χ1v) is 13.6. The van der Waals surface area contributed by atoms with E-state index in [0.717, 1.165) is 23.1 Å². The number of aliphatic carboxylic acids is 1. The van der Waals surface area contributed by atoms with E-state index in [9.17, 15) is 19.5 Å². The summed E-state index contributed by atoms with van der Waals surface area (Å²) >= 11 is 0. The van der Waals surface area contributed by atoms with Crippen molar-refractivity contribution in [2.24, 2.45) is 0 Å². The molecule has 0 radical (unpaired) electrons. The first-order valence-electron chi connectivity index (χ1n) is 13.6. The topological polar surface area (TPSA) is 113 Å². The van der Waals surface area contributed by atoms with Gasteiger partial charge in [-0.2, -0.15) is 0 Å². The Morgan fingerprint density at radius 2 is 1.37 bits per heavy atom. The van der Waals surface area contributed by atoms with Crippen LogP contribution in [-0.2, 0) is 11.2 Å². The predicted molar refractivity (Wildman–Crippen MR) is 157 cm³/mol. The van der Waals surface area contributed by atoms with Crippen molar-refractivity contribution in [2.75, 3.05) is 6.61 Å². The largest absolute Gasteiger partial charge is 0.482 e. The van der Waals surface area contributed by atoms with Gasteiger partial charge in [0.05, 0.1) is 5.56 Å². The molecule has 4 rings (SSSR count). The van der Waals surface area contributed by atoms with Gasteiger partial charge in [0.1, 0.15) is 5.75 Å². The predicted octanol–water partition coefficient (Wildman–Crippen LogP) is 6.19. The summed E-state index contributed by atoms with van der Waals surface area (Å²) in [5, 5.41) is 21.4. The normalized spacial score (nSPS) is 11.5. The van der Waals surface area contributed by atoms with Gasteiger partial charge in [0.15, 0.2) is 6.61 Å². The minimum absolute atomic E-state index is 0.0424. The van der Waals surface area contributed by atoms with E-state index in [1.54, 1.807) is 18.2 Å². The fourth-order valence-corrected chi connectivity index (χ4v) is 4.92. The summed E-state index contributed by atoms with van der Waals surface area (Å²) in [5.41, 5.74) is 3.66. The number of carboxylic acids is 2. The molecule has 0 saturated heterocycles. The average molecular weight is 552 g/mol. The number of aromatic carboxylic acids is 1. The van der Waals surface area contributed by atoms with Crippen LogP contribution in [0.4, 0.5) is 0 Å². The number of hydrogen-bond acceptors (Lipinski definition) is 4. The lowest BCUT2D eigenvalue weighted by molar-refractivity contribution is -0.139. The van der Waals surface area contributed by atoms with Crippen molar-refractivity contribution in [2.45, 2.75) is 37.6 Å². The molecule has 41 heavy (non-hydrogen) atoms. The molecule has 0 aliphatic rings. The summed E-state index contributed by atoms with van der Waals surface area (Å²) in [4.78, 5) is 35.6. The maximum atomic E-state index is 13.3. The molecule has 1 amide bonds. The molecule has 4 aromatic rings. The van der Waals surface area contributed by atoms with E-state index in [1.807, 2.05) is 54.6 Å². The molecule has 4 aromatic carbocycles. The van der Waals surface area contributed by atoms with Gasteiger partial charge in [-0.1, -0.05) is 78.9 Å². The lowest BCUT2D eigenvalue weighted by atomic mass is 9.84. The van der Waals surface area contributed by atoms with Gasteiger partial charge in [-0.25, -0.2) is 9.59 Å². The van der Waals surface area contributed by atoms with Crippen LogP contribution in [0.15, 0.2) is 109 Å². The van der Waals surface area contributed by atoms with Gasteiger partial charge in [-0.15, -0.1) is 0 Å². The number of rotatable bonds is 14. The molecular formula is C34H33NO6. The van der Waals surface area contributed by atoms with E-state index in [2.05, 4.69) is 29.6 Å². The summed E-state index contributed by atoms with van der Waals surface area (Å²) in [6.45, 7) is -0.402. The zero-order chi connectivity index (χ0) is 29.0. The first-order chi connectivity index (χ1) is 19.9. The Hall–Kier alpha value is -4.91. The van der Waals surface area contributed by atoms with E-state index in [0.29, 0.717) is 30.6 Å². The lowest BCUT2D eigenvalue weighted by Gasteiger charge is -2.26. The summed E-state index contributed by atoms with van der Waals surface area (Å²) in [5.74, 6) is -1.89. The zero-order valence-electron chi connectivity index (χ0n) is 22.6. The van der Waals surface area contributed by atoms with Crippen molar-refractivity contribution < 1.29 is 29.3 Å². The van der Waals surface area contributed by atoms with Crippen LogP contribution in [0.3, 0.4) is 0 Å². The Kier molecular flexibility index (Phi) is 10.3. The summed E-state index contributed by atoms with van der Waals surface area (Å²) in [6.07, 6.45) is 2.81. The summed E-state index contributed by atoms with van der Waals surface area (Å²) < 4.78 is 5.32. The highest BCUT2D eigenvalue weighted by atomic mass is 16.5. The molecule has 0 aliphatic carbocycles. The van der Waals surface area contributed by atoms with Crippen molar-refractivity contribution in [1.82, 2.24) is 5.32 Å². The number of benzene rings is 4. The first kappa shape index (κ1) is 29.1. The number of ether oxygens (including phenoxy) is 1. The van der Waals surface area contributed by atoms with Crippen LogP contribution in [0.2, 0.25) is 0 Å². The van der Waals surface area contributed by atoms with Crippen LogP contribution in [0.1, 0.15) is 62.6 Å². The fraction of sp³-hybridized carbons (Fsp3) is 0.206. The third kappa shape index (κ3) is 8.80. The van der Waals surface area contributed by atoms with E-state index in [-0.39, 0.29) is 23.4 Å². The fourth-order valence-electron chi connectivity index (χ4n) is 4.92. The molecule has 0 aromatic heterocycles. The van der Waals surface area contributed by atoms with Crippen molar-refractivity contribution in [3.05, 3.63) is 137 Å². The monoisotopic (exact) mass is 551 g/mol. The van der Waals surface area contributed by atoms with Gasteiger partial charge >= 0.3 is 11.9 Å². The number of carbonyl (C=O) groups excluding carboxylic acids is 1. The van der Waals surface area contributed by atoms with E-state index in [1.165, 1.54) is 12.1 Å². The standard InChI is InChI=1S/C34H33NO6/c36-32(37)23-41-30-19-8-11-24(20-30)10-7-18-29(35-33(38)27-16-9-17-28(21-27)34(39)40)22-31(25-12-3-1-4-13-25)26-14-5-2-6-15-26/h1-6,8-9,11-17,19-21,29,31H,7,10,18,22-23H2,(H,35,38)(H,36,37)(H,39,40). The molecule has 7 nitrogen and oxygen atoms in total. The molecule has 1 unspecified atom stereocenters. The van der Waals surface area contributed by atoms with Gasteiger partial charge in [-0.3, -0.25) is 4.79 Å². The molecule has 0 aliphatic heterocycles. The van der Waals surface area contributed by atoms with Crippen LogP contribution in [-0.4, -0.2) is 40.7 Å². The SMILES string of the molecule is O=C(O)COc1cccc(CCCC(CC(c2ccccc2)c2ccccc2)NC(=O)c2cccc(C(=O)O)c2)c1. The highest BCUT2D eigenvalue weighted by molar-refractivity contribution is 5.97. The quantitative estimate of drug-likeness (QED) is 0.172. The minimum atomic E-state index is -1.08. The molecule has 210 valence electrons. The zero-order valence-corrected chi connectivity index (χ0v) is 22.6. The van der Waals surface area contributed by atoms with E-state index < -0.39 is 18.5 Å². The molecule has 0 fully saturated rings. The number of carboxylic acid groups (broad SMARTS) is 2. The van der Waals surface area contributed by atoms with Crippen LogP contribution in [0, 0.1) is 0 Å². The Morgan fingerprint density at radius 1 is 0.732 bits per heavy atom. The Morgan fingerprint density at radius 3 is 2.00 bits per heavy atom. The van der Waals surface area contributed by atoms with Gasteiger partial charge in [0.2, 0.25) is 0 Å². The summed E-state index contributed by atoms with van der Waals surface area (Å²) in [6, 6.07) is 33.6. The van der Waals surface area contributed by atoms with E-state index in [4.69, 9.17) is 9.84 Å². The number of amides is 1. The van der Waals surface area contributed by atoms with Gasteiger partial charge < -0.3 is 20.3 Å². The third-order valence-electron chi connectivity index (χ3n) is 6.91. The van der Waals surface area contributed by atoms with Crippen molar-refractivity contribution in [3.63, 3.8) is 0 Å². The Labute approximate surface area is 239 Å². The molecule has 0 spiro atoms. The van der Waals surface area contributed by atoms with Crippen LogP contribution >= 0.6 is 0 Å². The van der Waals surface area contributed by atoms with Crippen molar-refractivity contribution in [1.29, 1.82) is 0 Å². The molecular weight excluding hydrogens is 518 g/mol. The van der Waals surface area contributed by atoms with Crippen molar-refractivity contribution in [3.8, 4) is 5.75 Å². The van der Waals surface area contributed by atoms with Gasteiger partial charge in [0, 0.05) is 17.5 Å². The van der Waals surface area contributed by atoms with Gasteiger partial charge in [-0.05, 0) is 72.7 Å². The third-order valence-corrected chi connectivity index (χ3v) is 6.91. The second-order valence-corrected chi connectivity index (χ2v) is 9.89. The Bertz CT molecular complexity index is 1420. The molecule has 0 heterocycles. The molecule has 3 N–H and O–H groups in total. The number of carbonyl (C=O) groups is 3. The van der Waals surface area contributed by atoms with E-state index >= 15 is 0 Å². The maximum absolute atomic E-state index is 13.3. The number of nitrogens with one attached hydrogen (secondary N) is 1. The lowest BCUT2D eigenvalue weighted by Crippen LogP contribution is -2.36.